The molecule has 0 radical (unpaired) electrons. The average Bonchev–Trinajstić information content (AvgIpc) is 2.64. The van der Waals surface area contributed by atoms with Gasteiger partial charge in [-0.05, 0) is 52.2 Å². The molecular formula is C20H30N4O2. The molecule has 1 atom stereocenters. The van der Waals surface area contributed by atoms with Crippen LogP contribution in [0, 0.1) is 5.41 Å². The van der Waals surface area contributed by atoms with Gasteiger partial charge in [0.25, 0.3) is 5.91 Å². The van der Waals surface area contributed by atoms with E-state index in [9.17, 15) is 9.59 Å². The lowest BCUT2D eigenvalue weighted by atomic mass is 9.73. The number of carbonyl (C=O) groups excluding carboxylic acids is 2. The molecule has 1 N–H and O–H groups in total. The number of rotatable bonds is 4. The van der Waals surface area contributed by atoms with E-state index in [1.54, 1.807) is 6.20 Å². The van der Waals surface area contributed by atoms with E-state index in [2.05, 4.69) is 29.0 Å². The van der Waals surface area contributed by atoms with Crippen molar-refractivity contribution in [2.24, 2.45) is 5.41 Å². The van der Waals surface area contributed by atoms with Crippen molar-refractivity contribution in [3.05, 3.63) is 23.9 Å². The Bertz CT molecular complexity index is 658. The van der Waals surface area contributed by atoms with Gasteiger partial charge in [-0.3, -0.25) is 9.59 Å². The molecule has 2 fully saturated rings. The second-order valence-electron chi connectivity index (χ2n) is 7.91. The lowest BCUT2D eigenvalue weighted by Gasteiger charge is -2.49. The first kappa shape index (κ1) is 18.7. The standard InChI is InChI=1S/C20H30N4O2/c1-4-21-19(26)16-6-7-17(22-12-16)23-11-5-9-20(13-23)10-8-18(25)24(14-20)15(2)3/h6-7,12,15H,4-5,8-11,13-14H2,1-3H3,(H,21,26)/t20-/m0/s1. The summed E-state index contributed by atoms with van der Waals surface area (Å²) in [7, 11) is 0. The van der Waals surface area contributed by atoms with Gasteiger partial charge in [-0.25, -0.2) is 4.98 Å². The number of nitrogens with one attached hydrogen (secondary N) is 1. The average molecular weight is 358 g/mol. The van der Waals surface area contributed by atoms with Gasteiger partial charge in [0, 0.05) is 50.3 Å². The van der Waals surface area contributed by atoms with Gasteiger partial charge in [-0.1, -0.05) is 0 Å². The number of pyridine rings is 1. The molecule has 0 aliphatic carbocycles. The third kappa shape index (κ3) is 3.84. The van der Waals surface area contributed by atoms with Gasteiger partial charge in [0.2, 0.25) is 5.91 Å². The molecule has 2 aliphatic rings. The van der Waals surface area contributed by atoms with Crippen LogP contribution in [0.15, 0.2) is 18.3 Å². The van der Waals surface area contributed by atoms with Crippen LogP contribution in [-0.2, 0) is 4.79 Å². The van der Waals surface area contributed by atoms with Crippen LogP contribution in [0.3, 0.4) is 0 Å². The first-order valence-corrected chi connectivity index (χ1v) is 9.73. The topological polar surface area (TPSA) is 65.5 Å². The lowest BCUT2D eigenvalue weighted by Crippen LogP contribution is -2.55. The number of hydrogen-bond donors (Lipinski definition) is 1. The van der Waals surface area contributed by atoms with Crippen LogP contribution in [0.5, 0.6) is 0 Å². The summed E-state index contributed by atoms with van der Waals surface area (Å²) in [4.78, 5) is 33.0. The number of likely N-dealkylation sites (tertiary alicyclic amines) is 1. The fourth-order valence-corrected chi connectivity index (χ4v) is 4.22. The van der Waals surface area contributed by atoms with Crippen LogP contribution in [0.1, 0.15) is 56.8 Å². The van der Waals surface area contributed by atoms with Crippen LogP contribution in [0.4, 0.5) is 5.82 Å². The molecule has 6 heteroatoms. The predicted octanol–water partition coefficient (Wildman–Crippen LogP) is 2.45. The van der Waals surface area contributed by atoms with E-state index in [0.29, 0.717) is 18.5 Å². The summed E-state index contributed by atoms with van der Waals surface area (Å²) in [5, 5.41) is 2.80. The fraction of sp³-hybridized carbons (Fsp3) is 0.650. The second-order valence-corrected chi connectivity index (χ2v) is 7.91. The number of anilines is 1. The molecule has 0 aromatic carbocycles. The first-order valence-electron chi connectivity index (χ1n) is 9.73. The van der Waals surface area contributed by atoms with Crippen molar-refractivity contribution < 1.29 is 9.59 Å². The summed E-state index contributed by atoms with van der Waals surface area (Å²) in [6.07, 6.45) is 5.54. The third-order valence-corrected chi connectivity index (χ3v) is 5.65. The molecule has 3 rings (SSSR count). The van der Waals surface area contributed by atoms with E-state index >= 15 is 0 Å². The van der Waals surface area contributed by atoms with Crippen LogP contribution in [-0.4, -0.2) is 53.9 Å². The zero-order chi connectivity index (χ0) is 18.7. The zero-order valence-electron chi connectivity index (χ0n) is 16.1. The molecule has 142 valence electrons. The summed E-state index contributed by atoms with van der Waals surface area (Å²) in [5.41, 5.74) is 0.757. The number of piperidine rings is 2. The normalized spacial score (nSPS) is 23.6. The van der Waals surface area contributed by atoms with E-state index < -0.39 is 0 Å². The Hall–Kier alpha value is -2.11. The highest BCUT2D eigenvalue weighted by atomic mass is 16.2. The summed E-state index contributed by atoms with van der Waals surface area (Å²) in [6, 6.07) is 4.04. The van der Waals surface area contributed by atoms with Gasteiger partial charge < -0.3 is 15.1 Å². The molecule has 26 heavy (non-hydrogen) atoms. The van der Waals surface area contributed by atoms with Gasteiger partial charge in [-0.2, -0.15) is 0 Å². The minimum absolute atomic E-state index is 0.0833. The van der Waals surface area contributed by atoms with Crippen molar-refractivity contribution in [3.8, 4) is 0 Å². The van der Waals surface area contributed by atoms with Crippen molar-refractivity contribution >= 4 is 17.6 Å². The molecule has 3 heterocycles. The van der Waals surface area contributed by atoms with Crippen LogP contribution >= 0.6 is 0 Å². The molecule has 1 aromatic heterocycles. The summed E-state index contributed by atoms with van der Waals surface area (Å²) in [5.74, 6) is 1.12. The number of aromatic nitrogens is 1. The molecule has 2 amide bonds. The van der Waals surface area contributed by atoms with E-state index in [-0.39, 0.29) is 23.3 Å². The molecular weight excluding hydrogens is 328 g/mol. The van der Waals surface area contributed by atoms with Crippen LogP contribution in [0.2, 0.25) is 0 Å². The highest BCUT2D eigenvalue weighted by molar-refractivity contribution is 5.94. The molecule has 0 saturated carbocycles. The van der Waals surface area contributed by atoms with Gasteiger partial charge in [0.1, 0.15) is 5.82 Å². The summed E-state index contributed by atoms with van der Waals surface area (Å²) < 4.78 is 0. The van der Waals surface area contributed by atoms with Gasteiger partial charge in [0.15, 0.2) is 0 Å². The third-order valence-electron chi connectivity index (χ3n) is 5.65. The number of carbonyl (C=O) groups is 2. The van der Waals surface area contributed by atoms with E-state index in [1.165, 1.54) is 0 Å². The number of hydrogen-bond acceptors (Lipinski definition) is 4. The number of amides is 2. The van der Waals surface area contributed by atoms with Crippen LogP contribution in [0.25, 0.3) is 0 Å². The molecule has 6 nitrogen and oxygen atoms in total. The molecule has 1 aromatic rings. The van der Waals surface area contributed by atoms with Gasteiger partial charge in [-0.15, -0.1) is 0 Å². The second kappa shape index (κ2) is 7.64. The Morgan fingerprint density at radius 1 is 1.31 bits per heavy atom. The maximum atomic E-state index is 12.2. The summed E-state index contributed by atoms with van der Waals surface area (Å²) >= 11 is 0. The predicted molar refractivity (Wildman–Crippen MR) is 102 cm³/mol. The summed E-state index contributed by atoms with van der Waals surface area (Å²) in [6.45, 7) is 9.46. The Morgan fingerprint density at radius 3 is 2.77 bits per heavy atom. The Labute approximate surface area is 156 Å². The largest absolute Gasteiger partial charge is 0.356 e. The molecule has 0 bridgehead atoms. The SMILES string of the molecule is CCNC(=O)c1ccc(N2CCC[C@]3(CCC(=O)N(C(C)C)C3)C2)nc1. The smallest absolute Gasteiger partial charge is 0.252 e. The Kier molecular flexibility index (Phi) is 5.49. The molecule has 0 unspecified atom stereocenters. The van der Waals surface area contributed by atoms with E-state index in [4.69, 9.17) is 0 Å². The maximum Gasteiger partial charge on any atom is 0.252 e. The highest BCUT2D eigenvalue weighted by Crippen LogP contribution is 2.40. The van der Waals surface area contributed by atoms with E-state index in [0.717, 1.165) is 44.7 Å². The Morgan fingerprint density at radius 2 is 2.12 bits per heavy atom. The lowest BCUT2D eigenvalue weighted by molar-refractivity contribution is -0.140. The van der Waals surface area contributed by atoms with Crippen molar-refractivity contribution in [2.75, 3.05) is 31.1 Å². The van der Waals surface area contributed by atoms with Gasteiger partial charge in [0.05, 0.1) is 5.56 Å². The number of nitrogens with zero attached hydrogens (tertiary/aromatic N) is 3. The molecule has 2 saturated heterocycles. The quantitative estimate of drug-likeness (QED) is 0.898. The highest BCUT2D eigenvalue weighted by Gasteiger charge is 2.42. The monoisotopic (exact) mass is 358 g/mol. The maximum absolute atomic E-state index is 12.2. The van der Waals surface area contributed by atoms with Crippen molar-refractivity contribution in [1.82, 2.24) is 15.2 Å². The van der Waals surface area contributed by atoms with Crippen LogP contribution < -0.4 is 10.2 Å². The molecule has 1 spiro atoms. The van der Waals surface area contributed by atoms with Crippen molar-refractivity contribution in [3.63, 3.8) is 0 Å². The fourth-order valence-electron chi connectivity index (χ4n) is 4.22. The molecule has 2 aliphatic heterocycles. The zero-order valence-corrected chi connectivity index (χ0v) is 16.1. The first-order chi connectivity index (χ1) is 12.4. The van der Waals surface area contributed by atoms with Crippen molar-refractivity contribution in [1.29, 1.82) is 0 Å². The van der Waals surface area contributed by atoms with Crippen molar-refractivity contribution in [2.45, 2.75) is 52.5 Å². The van der Waals surface area contributed by atoms with Gasteiger partial charge >= 0.3 is 0 Å². The Balaban J connectivity index is 1.72. The minimum atomic E-state index is -0.0833. The minimum Gasteiger partial charge on any atom is -0.356 e. The van der Waals surface area contributed by atoms with E-state index in [1.807, 2.05) is 24.0 Å².